The molecule has 0 bridgehead atoms. The van der Waals surface area contributed by atoms with Crippen molar-refractivity contribution in [1.29, 1.82) is 0 Å². The van der Waals surface area contributed by atoms with E-state index in [9.17, 15) is 30.7 Å². The van der Waals surface area contributed by atoms with Gasteiger partial charge in [0.25, 0.3) is 0 Å². The lowest BCUT2D eigenvalue weighted by atomic mass is 9.78. The molecule has 2 aromatic carbocycles. The van der Waals surface area contributed by atoms with Crippen LogP contribution in [0, 0.1) is 35.0 Å². The smallest absolute Gasteiger partial charge is 0.429 e. The Morgan fingerprint density at radius 1 is 0.867 bits per heavy atom. The van der Waals surface area contributed by atoms with Gasteiger partial charge in [0.05, 0.1) is 0 Å². The maximum Gasteiger partial charge on any atom is 0.429 e. The molecule has 0 N–H and O–H groups in total. The van der Waals surface area contributed by atoms with Crippen molar-refractivity contribution in [2.75, 3.05) is 0 Å². The van der Waals surface area contributed by atoms with Gasteiger partial charge in [-0.25, -0.2) is 22.0 Å². The van der Waals surface area contributed by atoms with Crippen molar-refractivity contribution < 1.29 is 35.5 Å². The summed E-state index contributed by atoms with van der Waals surface area (Å²) in [6.07, 6.45) is 2.27. The first-order valence-corrected chi connectivity index (χ1v) is 9.46. The van der Waals surface area contributed by atoms with Crippen LogP contribution in [-0.4, -0.2) is 0 Å². The number of rotatable bonds is 5. The van der Waals surface area contributed by atoms with E-state index in [4.69, 9.17) is 0 Å². The molecule has 1 nitrogen and oxygen atoms in total. The van der Waals surface area contributed by atoms with Gasteiger partial charge >= 0.3 is 6.11 Å². The van der Waals surface area contributed by atoms with Gasteiger partial charge < -0.3 is 4.74 Å². The SMILES string of the molecule is CC=CC1CCC(c2ccc(C(F)(F)Oc3cc(F)c(F)c(F)c3)c(F)c2F)CC1. The molecule has 1 aliphatic rings. The van der Waals surface area contributed by atoms with E-state index in [0.29, 0.717) is 24.8 Å². The molecule has 0 amide bonds. The van der Waals surface area contributed by atoms with Crippen molar-refractivity contribution >= 4 is 0 Å². The number of alkyl halides is 2. The molecular formula is C22H19F7O. The lowest BCUT2D eigenvalue weighted by Crippen LogP contribution is -2.25. The lowest BCUT2D eigenvalue weighted by Gasteiger charge is -2.28. The third-order valence-corrected chi connectivity index (χ3v) is 5.31. The number of ether oxygens (including phenoxy) is 1. The first-order chi connectivity index (χ1) is 14.1. The van der Waals surface area contributed by atoms with Crippen LogP contribution in [0.3, 0.4) is 0 Å². The van der Waals surface area contributed by atoms with Crippen LogP contribution < -0.4 is 4.74 Å². The van der Waals surface area contributed by atoms with Crippen LogP contribution in [0.25, 0.3) is 0 Å². The number of hydrogen-bond donors (Lipinski definition) is 0. The van der Waals surface area contributed by atoms with Crippen molar-refractivity contribution in [1.82, 2.24) is 0 Å². The molecule has 0 aromatic heterocycles. The summed E-state index contributed by atoms with van der Waals surface area (Å²) < 4.78 is 101. The molecular weight excluding hydrogens is 413 g/mol. The fraction of sp³-hybridized carbons (Fsp3) is 0.364. The number of allylic oxidation sites excluding steroid dienone is 2. The second kappa shape index (κ2) is 8.70. The molecule has 0 atom stereocenters. The van der Waals surface area contributed by atoms with Crippen LogP contribution in [-0.2, 0) is 6.11 Å². The number of halogens is 7. The third kappa shape index (κ3) is 4.47. The molecule has 0 saturated heterocycles. The minimum atomic E-state index is -4.44. The Morgan fingerprint density at radius 2 is 1.47 bits per heavy atom. The molecule has 1 aliphatic carbocycles. The molecule has 0 unspecified atom stereocenters. The van der Waals surface area contributed by atoms with Gasteiger partial charge in [-0.2, -0.15) is 8.78 Å². The zero-order valence-electron chi connectivity index (χ0n) is 16.0. The van der Waals surface area contributed by atoms with E-state index in [2.05, 4.69) is 10.8 Å². The standard InChI is InChI=1S/C22H19F7O/c1-2-3-12-4-6-13(7-5-12)15-8-9-16(20(26)19(15)25)22(28,29)30-14-10-17(23)21(27)18(24)11-14/h2-3,8-13H,4-7H2,1H3. The molecule has 1 saturated carbocycles. The summed E-state index contributed by atoms with van der Waals surface area (Å²) >= 11 is 0. The second-order valence-electron chi connectivity index (χ2n) is 7.29. The molecule has 30 heavy (non-hydrogen) atoms. The van der Waals surface area contributed by atoms with Crippen molar-refractivity contribution in [3.8, 4) is 5.75 Å². The number of hydrogen-bond acceptors (Lipinski definition) is 1. The Hall–Kier alpha value is -2.51. The van der Waals surface area contributed by atoms with Gasteiger partial charge in [-0.05, 0) is 56.1 Å². The summed E-state index contributed by atoms with van der Waals surface area (Å²) in [5, 5.41) is 0. The van der Waals surface area contributed by atoms with Crippen LogP contribution in [0.5, 0.6) is 5.75 Å². The summed E-state index contributed by atoms with van der Waals surface area (Å²) in [5.74, 6) is -9.58. The van der Waals surface area contributed by atoms with Crippen molar-refractivity contribution in [3.05, 3.63) is 76.6 Å². The average molecular weight is 432 g/mol. The molecule has 3 rings (SSSR count). The van der Waals surface area contributed by atoms with Crippen LogP contribution in [0.15, 0.2) is 36.4 Å². The Labute approximate surface area is 169 Å². The summed E-state index contributed by atoms with van der Waals surface area (Å²) in [4.78, 5) is 0. The highest BCUT2D eigenvalue weighted by atomic mass is 19.3. The monoisotopic (exact) mass is 432 g/mol. The van der Waals surface area contributed by atoms with Gasteiger partial charge in [0.15, 0.2) is 29.1 Å². The van der Waals surface area contributed by atoms with E-state index in [1.165, 1.54) is 0 Å². The zero-order chi connectivity index (χ0) is 22.1. The summed E-state index contributed by atoms with van der Waals surface area (Å²) in [6.45, 7) is 1.90. The fourth-order valence-electron chi connectivity index (χ4n) is 3.79. The molecule has 1 fully saturated rings. The van der Waals surface area contributed by atoms with Gasteiger partial charge in [-0.3, -0.25) is 0 Å². The van der Waals surface area contributed by atoms with Gasteiger partial charge in [-0.1, -0.05) is 18.2 Å². The molecule has 0 spiro atoms. The van der Waals surface area contributed by atoms with E-state index in [1.54, 1.807) is 0 Å². The van der Waals surface area contributed by atoms with Gasteiger partial charge in [0.2, 0.25) is 0 Å². The van der Waals surface area contributed by atoms with E-state index < -0.39 is 46.5 Å². The van der Waals surface area contributed by atoms with Gasteiger partial charge in [0.1, 0.15) is 11.3 Å². The molecule has 2 aromatic rings. The predicted octanol–water partition coefficient (Wildman–Crippen LogP) is 7.36. The summed E-state index contributed by atoms with van der Waals surface area (Å²) in [7, 11) is 0. The maximum absolute atomic E-state index is 14.6. The van der Waals surface area contributed by atoms with E-state index in [1.807, 2.05) is 13.0 Å². The Bertz CT molecular complexity index is 924. The second-order valence-corrected chi connectivity index (χ2v) is 7.29. The minimum Gasteiger partial charge on any atom is -0.429 e. The zero-order valence-corrected chi connectivity index (χ0v) is 16.0. The van der Waals surface area contributed by atoms with Gasteiger partial charge in [-0.15, -0.1) is 0 Å². The van der Waals surface area contributed by atoms with E-state index in [0.717, 1.165) is 18.9 Å². The third-order valence-electron chi connectivity index (χ3n) is 5.31. The van der Waals surface area contributed by atoms with Crippen LogP contribution in [0.1, 0.15) is 49.7 Å². The van der Waals surface area contributed by atoms with Crippen LogP contribution in [0.4, 0.5) is 30.7 Å². The lowest BCUT2D eigenvalue weighted by molar-refractivity contribution is -0.188. The largest absolute Gasteiger partial charge is 0.429 e. The highest BCUT2D eigenvalue weighted by Gasteiger charge is 2.40. The van der Waals surface area contributed by atoms with Crippen LogP contribution >= 0.6 is 0 Å². The molecule has 8 heteroatoms. The predicted molar refractivity (Wildman–Crippen MR) is 96.7 cm³/mol. The highest BCUT2D eigenvalue weighted by molar-refractivity contribution is 5.33. The van der Waals surface area contributed by atoms with Crippen LogP contribution in [0.2, 0.25) is 0 Å². The summed E-state index contributed by atoms with van der Waals surface area (Å²) in [5.41, 5.74) is -1.42. The van der Waals surface area contributed by atoms with Gasteiger partial charge in [0, 0.05) is 12.1 Å². The summed E-state index contributed by atoms with van der Waals surface area (Å²) in [6, 6.07) is 2.16. The van der Waals surface area contributed by atoms with Crippen molar-refractivity contribution in [2.45, 2.75) is 44.6 Å². The minimum absolute atomic E-state index is 0.00449. The van der Waals surface area contributed by atoms with Crippen molar-refractivity contribution in [2.24, 2.45) is 5.92 Å². The number of benzene rings is 2. The van der Waals surface area contributed by atoms with E-state index >= 15 is 0 Å². The topological polar surface area (TPSA) is 9.23 Å². The molecule has 0 radical (unpaired) electrons. The first-order valence-electron chi connectivity index (χ1n) is 9.46. The normalized spacial score (nSPS) is 20.0. The fourth-order valence-corrected chi connectivity index (χ4v) is 3.79. The van der Waals surface area contributed by atoms with E-state index in [-0.39, 0.29) is 23.6 Å². The highest BCUT2D eigenvalue weighted by Crippen LogP contribution is 2.40. The Morgan fingerprint density at radius 3 is 2.03 bits per heavy atom. The first kappa shape index (κ1) is 22.2. The Balaban J connectivity index is 1.84. The molecule has 0 heterocycles. The quantitative estimate of drug-likeness (QED) is 0.273. The Kier molecular flexibility index (Phi) is 6.43. The molecule has 0 aliphatic heterocycles. The van der Waals surface area contributed by atoms with Crippen molar-refractivity contribution in [3.63, 3.8) is 0 Å². The average Bonchev–Trinajstić information content (AvgIpc) is 2.68. The maximum atomic E-state index is 14.6. The molecule has 162 valence electrons.